The van der Waals surface area contributed by atoms with E-state index in [4.69, 9.17) is 11.6 Å². The van der Waals surface area contributed by atoms with Crippen molar-refractivity contribution in [1.82, 2.24) is 10.3 Å². The largest absolute Gasteiger partial charge is 0.419 e. The maximum atomic E-state index is 13.4. The number of nitrogens with one attached hydrogen (secondary N) is 2. The van der Waals surface area contributed by atoms with E-state index < -0.39 is 35.0 Å². The number of hydrogen-bond acceptors (Lipinski definition) is 3. The van der Waals surface area contributed by atoms with Crippen molar-refractivity contribution in [2.45, 2.75) is 6.18 Å². The predicted molar refractivity (Wildman–Crippen MR) is 77.3 cm³/mol. The van der Waals surface area contributed by atoms with Gasteiger partial charge in [-0.2, -0.15) is 13.2 Å². The Morgan fingerprint density at radius 1 is 1.12 bits per heavy atom. The van der Waals surface area contributed by atoms with Gasteiger partial charge in [0.1, 0.15) is 5.15 Å². The first kappa shape index (κ1) is 17.9. The van der Waals surface area contributed by atoms with Gasteiger partial charge < -0.3 is 10.6 Å². The molecule has 4 nitrogen and oxygen atoms in total. The third-order valence-corrected chi connectivity index (χ3v) is 3.18. The van der Waals surface area contributed by atoms with Crippen molar-refractivity contribution in [3.8, 4) is 0 Å². The Balaban J connectivity index is 2.58. The number of nitrogens with zero attached hydrogens (tertiary/aromatic N) is 1. The summed E-state index contributed by atoms with van der Waals surface area (Å²) in [5.41, 5.74) is -2.48. The molecule has 1 aromatic carbocycles. The van der Waals surface area contributed by atoms with Crippen LogP contribution in [0.2, 0.25) is 5.15 Å². The summed E-state index contributed by atoms with van der Waals surface area (Å²) in [4.78, 5) is 15.1. The predicted octanol–water partition coefficient (Wildman–Crippen LogP) is 4.14. The molecule has 0 fully saturated rings. The maximum Gasteiger partial charge on any atom is 0.419 e. The summed E-state index contributed by atoms with van der Waals surface area (Å²) in [6, 6.07) is 2.01. The Morgan fingerprint density at radius 3 is 2.33 bits per heavy atom. The van der Waals surface area contributed by atoms with Crippen LogP contribution in [0.15, 0.2) is 24.4 Å². The molecule has 10 heteroatoms. The van der Waals surface area contributed by atoms with Crippen molar-refractivity contribution in [2.24, 2.45) is 0 Å². The Labute approximate surface area is 137 Å². The molecule has 2 N–H and O–H groups in total. The van der Waals surface area contributed by atoms with Crippen LogP contribution in [0.25, 0.3) is 0 Å². The maximum absolute atomic E-state index is 13.4. The SMILES string of the molecule is CNC(=O)c1cc(F)c(F)cc1Nc1cc(Cl)ncc1C(F)(F)F. The molecular weight excluding hydrogens is 357 g/mol. The van der Waals surface area contributed by atoms with Gasteiger partial charge in [-0.25, -0.2) is 13.8 Å². The van der Waals surface area contributed by atoms with Crippen molar-refractivity contribution in [2.75, 3.05) is 12.4 Å². The monoisotopic (exact) mass is 365 g/mol. The Morgan fingerprint density at radius 2 is 1.75 bits per heavy atom. The van der Waals surface area contributed by atoms with Crippen LogP contribution in [0.1, 0.15) is 15.9 Å². The van der Waals surface area contributed by atoms with E-state index in [0.717, 1.165) is 6.07 Å². The van der Waals surface area contributed by atoms with E-state index in [-0.39, 0.29) is 16.4 Å². The summed E-state index contributed by atoms with van der Waals surface area (Å²) >= 11 is 5.59. The molecule has 0 spiro atoms. The summed E-state index contributed by atoms with van der Waals surface area (Å²) in [5, 5.41) is 4.19. The van der Waals surface area contributed by atoms with E-state index in [0.29, 0.717) is 18.3 Å². The van der Waals surface area contributed by atoms with Gasteiger partial charge in [-0.05, 0) is 12.1 Å². The fraction of sp³-hybridized carbons (Fsp3) is 0.143. The second-order valence-corrected chi connectivity index (χ2v) is 4.95. The van der Waals surface area contributed by atoms with Crippen LogP contribution >= 0.6 is 11.6 Å². The van der Waals surface area contributed by atoms with Crippen molar-refractivity contribution < 1.29 is 26.7 Å². The smallest absolute Gasteiger partial charge is 0.355 e. The van der Waals surface area contributed by atoms with Crippen molar-refractivity contribution in [1.29, 1.82) is 0 Å². The number of rotatable bonds is 3. The number of alkyl halides is 3. The third-order valence-electron chi connectivity index (χ3n) is 2.98. The van der Waals surface area contributed by atoms with Gasteiger partial charge in [0.05, 0.1) is 22.5 Å². The molecule has 0 unspecified atom stereocenters. The second kappa shape index (κ2) is 6.60. The summed E-state index contributed by atoms with van der Waals surface area (Å²) in [7, 11) is 1.23. The number of aromatic nitrogens is 1. The number of amides is 1. The number of carbonyl (C=O) groups is 1. The van der Waals surface area contributed by atoms with Crippen LogP contribution in [-0.2, 0) is 6.18 Å². The summed E-state index contributed by atoms with van der Waals surface area (Å²) in [6.45, 7) is 0. The van der Waals surface area contributed by atoms with Gasteiger partial charge in [0, 0.05) is 19.3 Å². The summed E-state index contributed by atoms with van der Waals surface area (Å²) < 4.78 is 65.8. The molecule has 128 valence electrons. The lowest BCUT2D eigenvalue weighted by Gasteiger charge is -2.16. The van der Waals surface area contributed by atoms with Gasteiger partial charge >= 0.3 is 6.18 Å². The number of carbonyl (C=O) groups excluding carboxylic acids is 1. The number of halogens is 6. The number of hydrogen-bond donors (Lipinski definition) is 2. The molecule has 24 heavy (non-hydrogen) atoms. The van der Waals surface area contributed by atoms with Crippen LogP contribution < -0.4 is 10.6 Å². The van der Waals surface area contributed by atoms with Crippen LogP contribution in [0.4, 0.5) is 33.3 Å². The molecule has 1 heterocycles. The number of benzene rings is 1. The standard InChI is InChI=1S/C14H9ClF5N3O/c1-21-13(24)6-2-8(16)9(17)3-10(6)23-11-4-12(15)22-5-7(11)14(18,19)20/h2-5H,1H3,(H,21,24)(H,22,23). The normalized spacial score (nSPS) is 11.3. The van der Waals surface area contributed by atoms with Crippen LogP contribution in [-0.4, -0.2) is 17.9 Å². The molecule has 0 atom stereocenters. The van der Waals surface area contributed by atoms with Crippen molar-refractivity contribution in [3.63, 3.8) is 0 Å². The molecule has 2 aromatic rings. The highest BCUT2D eigenvalue weighted by atomic mass is 35.5. The third kappa shape index (κ3) is 3.73. The lowest BCUT2D eigenvalue weighted by atomic mass is 10.1. The quantitative estimate of drug-likeness (QED) is 0.635. The molecule has 0 bridgehead atoms. The minimum atomic E-state index is -4.77. The van der Waals surface area contributed by atoms with E-state index in [2.05, 4.69) is 15.6 Å². The van der Waals surface area contributed by atoms with Crippen LogP contribution in [0, 0.1) is 11.6 Å². The second-order valence-electron chi connectivity index (χ2n) is 4.57. The molecule has 1 aromatic heterocycles. The zero-order valence-corrected chi connectivity index (χ0v) is 12.7. The fourth-order valence-corrected chi connectivity index (χ4v) is 2.03. The molecule has 0 radical (unpaired) electrons. The summed E-state index contributed by atoms with van der Waals surface area (Å²) in [6.07, 6.45) is -4.28. The highest BCUT2D eigenvalue weighted by molar-refractivity contribution is 6.29. The zero-order chi connectivity index (χ0) is 18.1. The molecule has 0 aliphatic rings. The van der Waals surface area contributed by atoms with Gasteiger partial charge in [0.15, 0.2) is 11.6 Å². The highest BCUT2D eigenvalue weighted by Crippen LogP contribution is 2.37. The minimum Gasteiger partial charge on any atom is -0.355 e. The Hall–Kier alpha value is -2.42. The van der Waals surface area contributed by atoms with Gasteiger partial charge in [-0.3, -0.25) is 4.79 Å². The first-order valence-electron chi connectivity index (χ1n) is 6.34. The molecule has 0 saturated carbocycles. The molecule has 2 rings (SSSR count). The van der Waals surface area contributed by atoms with E-state index in [9.17, 15) is 26.7 Å². The van der Waals surface area contributed by atoms with Gasteiger partial charge in [-0.1, -0.05) is 11.6 Å². The molecule has 0 aliphatic carbocycles. The van der Waals surface area contributed by atoms with Crippen LogP contribution in [0.5, 0.6) is 0 Å². The van der Waals surface area contributed by atoms with E-state index >= 15 is 0 Å². The highest BCUT2D eigenvalue weighted by Gasteiger charge is 2.34. The average Bonchev–Trinajstić information content (AvgIpc) is 2.48. The molecule has 0 saturated heterocycles. The average molecular weight is 366 g/mol. The number of pyridine rings is 1. The first-order valence-corrected chi connectivity index (χ1v) is 6.72. The van der Waals surface area contributed by atoms with Crippen LogP contribution in [0.3, 0.4) is 0 Å². The van der Waals surface area contributed by atoms with Gasteiger partial charge in [0.25, 0.3) is 5.91 Å². The van der Waals surface area contributed by atoms with E-state index in [1.807, 2.05) is 0 Å². The lowest BCUT2D eigenvalue weighted by Crippen LogP contribution is -2.20. The molecular formula is C14H9ClF5N3O. The first-order chi connectivity index (χ1) is 11.1. The van der Waals surface area contributed by atoms with E-state index in [1.54, 1.807) is 0 Å². The van der Waals surface area contributed by atoms with Gasteiger partial charge in [-0.15, -0.1) is 0 Å². The molecule has 1 amide bonds. The lowest BCUT2D eigenvalue weighted by molar-refractivity contribution is -0.137. The minimum absolute atomic E-state index is 0.255. The summed E-state index contributed by atoms with van der Waals surface area (Å²) in [5.74, 6) is -3.47. The molecule has 0 aliphatic heterocycles. The van der Waals surface area contributed by atoms with Crippen molar-refractivity contribution >= 4 is 28.9 Å². The Bertz CT molecular complexity index is 795. The van der Waals surface area contributed by atoms with Gasteiger partial charge in [0.2, 0.25) is 0 Å². The fourth-order valence-electron chi connectivity index (χ4n) is 1.88. The zero-order valence-electron chi connectivity index (χ0n) is 11.9. The number of anilines is 2. The Kier molecular flexibility index (Phi) is 4.93. The van der Waals surface area contributed by atoms with Crippen molar-refractivity contribution in [3.05, 3.63) is 52.3 Å². The van der Waals surface area contributed by atoms with E-state index in [1.165, 1.54) is 7.05 Å². The topological polar surface area (TPSA) is 54.0 Å².